The number of hydrogen-bond donors (Lipinski definition) is 1. The highest BCUT2D eigenvalue weighted by Crippen LogP contribution is 2.18. The largest absolute Gasteiger partial charge is 0.497 e. The summed E-state index contributed by atoms with van der Waals surface area (Å²) in [5.41, 5.74) is 6.45. The fourth-order valence-electron chi connectivity index (χ4n) is 1.13. The highest BCUT2D eigenvalue weighted by molar-refractivity contribution is 8.13. The fraction of sp³-hybridized carbons (Fsp3) is 0.385. The number of carbonyl (C=O) groups excluding carboxylic acids is 1. The predicted octanol–water partition coefficient (Wildman–Crippen LogP) is 2.53. The van der Waals surface area contributed by atoms with Crippen molar-refractivity contribution in [2.45, 2.75) is 13.8 Å². The number of rotatable bonds is 5. The Labute approximate surface area is 117 Å². The number of carbonyl (C=O) groups is 1. The lowest BCUT2D eigenvalue weighted by Gasteiger charge is -2.06. The van der Waals surface area contributed by atoms with E-state index in [1.807, 2.05) is 0 Å². The molecule has 0 atom stereocenters. The summed E-state index contributed by atoms with van der Waals surface area (Å²) in [7, 11) is 1.60. The summed E-state index contributed by atoms with van der Waals surface area (Å²) in [6.45, 7) is 3.56. The van der Waals surface area contributed by atoms with Crippen LogP contribution in [0.3, 0.4) is 0 Å². The number of hydrogen-bond acceptors (Lipinski definition) is 5. The van der Waals surface area contributed by atoms with Crippen LogP contribution in [-0.2, 0) is 9.53 Å². The summed E-state index contributed by atoms with van der Waals surface area (Å²) in [6, 6.07) is 7.20. The summed E-state index contributed by atoms with van der Waals surface area (Å²) in [5.74, 6) is 0.545. The number of amidine groups is 1. The van der Waals surface area contributed by atoms with Gasteiger partial charge in [-0.2, -0.15) is 0 Å². The zero-order valence-corrected chi connectivity index (χ0v) is 12.1. The van der Waals surface area contributed by atoms with Crippen molar-refractivity contribution in [2.75, 3.05) is 13.0 Å². The summed E-state index contributed by atoms with van der Waals surface area (Å²) in [6.07, 6.45) is 0. The van der Waals surface area contributed by atoms with Crippen molar-refractivity contribution in [1.82, 2.24) is 0 Å². The topological polar surface area (TPSA) is 73.9 Å². The number of benzene rings is 1. The Balaban J connectivity index is 2.45. The first-order chi connectivity index (χ1) is 9.02. The monoisotopic (exact) mass is 282 g/mol. The van der Waals surface area contributed by atoms with Crippen LogP contribution in [0.15, 0.2) is 29.3 Å². The molecule has 0 aromatic heterocycles. The second-order valence-electron chi connectivity index (χ2n) is 4.03. The predicted molar refractivity (Wildman–Crippen MR) is 77.7 cm³/mol. The summed E-state index contributed by atoms with van der Waals surface area (Å²) < 4.78 is 10.0. The van der Waals surface area contributed by atoms with E-state index in [1.54, 1.807) is 45.2 Å². The average molecular weight is 282 g/mol. The molecular weight excluding hydrogens is 264 g/mol. The second-order valence-corrected chi connectivity index (χ2v) is 4.97. The third-order valence-electron chi connectivity index (χ3n) is 2.19. The van der Waals surface area contributed by atoms with Gasteiger partial charge in [0.15, 0.2) is 5.17 Å². The first-order valence-corrected chi connectivity index (χ1v) is 6.79. The van der Waals surface area contributed by atoms with Gasteiger partial charge in [0.25, 0.3) is 0 Å². The molecule has 0 fully saturated rings. The van der Waals surface area contributed by atoms with Gasteiger partial charge in [0, 0.05) is 0 Å². The van der Waals surface area contributed by atoms with E-state index in [0.717, 1.165) is 11.4 Å². The fourth-order valence-corrected chi connectivity index (χ4v) is 1.60. The number of aliphatic imine (C=N–C) groups is 1. The average Bonchev–Trinajstić information content (AvgIpc) is 2.39. The molecule has 0 unspecified atom stereocenters. The number of ether oxygens (including phenoxy) is 2. The zero-order valence-electron chi connectivity index (χ0n) is 11.3. The molecule has 19 heavy (non-hydrogen) atoms. The Morgan fingerprint density at radius 3 is 2.53 bits per heavy atom. The van der Waals surface area contributed by atoms with E-state index < -0.39 is 0 Å². The summed E-state index contributed by atoms with van der Waals surface area (Å²) >= 11 is 1.18. The first-order valence-electron chi connectivity index (χ1n) is 5.80. The molecule has 0 radical (unpaired) electrons. The Kier molecular flexibility index (Phi) is 6.21. The van der Waals surface area contributed by atoms with Gasteiger partial charge < -0.3 is 15.2 Å². The van der Waals surface area contributed by atoms with Crippen molar-refractivity contribution >= 4 is 28.6 Å². The lowest BCUT2D eigenvalue weighted by molar-refractivity contribution is -0.144. The Morgan fingerprint density at radius 1 is 1.37 bits per heavy atom. The molecule has 6 heteroatoms. The first kappa shape index (κ1) is 15.4. The van der Waals surface area contributed by atoms with Gasteiger partial charge in [0.05, 0.1) is 18.7 Å². The quantitative estimate of drug-likeness (QED) is 0.389. The molecule has 104 valence electrons. The van der Waals surface area contributed by atoms with Gasteiger partial charge in [-0.15, -0.1) is 0 Å². The minimum absolute atomic E-state index is 0.139. The minimum atomic E-state index is -0.246. The van der Waals surface area contributed by atoms with E-state index in [2.05, 4.69) is 4.99 Å². The van der Waals surface area contributed by atoms with Crippen LogP contribution in [0.4, 0.5) is 5.69 Å². The molecule has 0 aliphatic carbocycles. The molecular formula is C13H18N2O3S. The number of nitrogens with two attached hydrogens (primary N) is 1. The van der Waals surface area contributed by atoms with E-state index in [4.69, 9.17) is 15.2 Å². The zero-order chi connectivity index (χ0) is 14.3. The van der Waals surface area contributed by atoms with Crippen LogP contribution in [0.1, 0.15) is 13.8 Å². The number of methoxy groups -OCH3 is 1. The minimum Gasteiger partial charge on any atom is -0.497 e. The van der Waals surface area contributed by atoms with Crippen LogP contribution in [0.25, 0.3) is 0 Å². The SMILES string of the molecule is COc1ccc(N=C(N)SCOC(=O)C(C)C)cc1. The van der Waals surface area contributed by atoms with Crippen LogP contribution in [0, 0.1) is 5.92 Å². The third-order valence-corrected chi connectivity index (χ3v) is 2.81. The maximum atomic E-state index is 11.2. The number of esters is 1. The van der Waals surface area contributed by atoms with E-state index >= 15 is 0 Å². The highest BCUT2D eigenvalue weighted by Gasteiger charge is 2.08. The molecule has 5 nitrogen and oxygen atoms in total. The van der Waals surface area contributed by atoms with Gasteiger partial charge in [0.2, 0.25) is 0 Å². The molecule has 0 spiro atoms. The Morgan fingerprint density at radius 2 is 2.00 bits per heavy atom. The van der Waals surface area contributed by atoms with Crippen LogP contribution in [0.5, 0.6) is 5.75 Å². The van der Waals surface area contributed by atoms with Crippen LogP contribution < -0.4 is 10.5 Å². The van der Waals surface area contributed by atoms with Gasteiger partial charge in [-0.1, -0.05) is 13.8 Å². The van der Waals surface area contributed by atoms with Crippen LogP contribution in [-0.4, -0.2) is 24.2 Å². The van der Waals surface area contributed by atoms with Gasteiger partial charge in [-0.05, 0) is 36.0 Å². The molecule has 1 aromatic carbocycles. The normalized spacial score (nSPS) is 11.5. The van der Waals surface area contributed by atoms with Crippen molar-refractivity contribution in [3.05, 3.63) is 24.3 Å². The maximum absolute atomic E-state index is 11.2. The second kappa shape index (κ2) is 7.68. The van der Waals surface area contributed by atoms with Crippen LogP contribution in [0.2, 0.25) is 0 Å². The molecule has 1 rings (SSSR count). The molecule has 2 N–H and O–H groups in total. The Bertz CT molecular complexity index is 444. The van der Waals surface area contributed by atoms with Gasteiger partial charge in [-0.3, -0.25) is 4.79 Å². The standard InChI is InChI=1S/C13H18N2O3S/c1-9(2)12(16)18-8-19-13(14)15-10-4-6-11(17-3)7-5-10/h4-7,9H,8H2,1-3H3,(H2,14,15). The molecule has 1 aromatic rings. The van der Waals surface area contributed by atoms with Crippen molar-refractivity contribution in [2.24, 2.45) is 16.6 Å². The lowest BCUT2D eigenvalue weighted by Crippen LogP contribution is -2.14. The number of nitrogens with zero attached hydrogens (tertiary/aromatic N) is 1. The highest BCUT2D eigenvalue weighted by atomic mass is 32.2. The van der Waals surface area contributed by atoms with E-state index in [1.165, 1.54) is 11.8 Å². The van der Waals surface area contributed by atoms with Crippen molar-refractivity contribution in [3.8, 4) is 5.75 Å². The molecule has 0 saturated heterocycles. The Hall–Kier alpha value is -1.69. The smallest absolute Gasteiger partial charge is 0.309 e. The lowest BCUT2D eigenvalue weighted by atomic mass is 10.2. The third kappa shape index (κ3) is 5.65. The van der Waals surface area contributed by atoms with Crippen molar-refractivity contribution in [1.29, 1.82) is 0 Å². The molecule has 0 aliphatic rings. The van der Waals surface area contributed by atoms with Gasteiger partial charge in [-0.25, -0.2) is 4.99 Å². The van der Waals surface area contributed by atoms with Gasteiger partial charge >= 0.3 is 5.97 Å². The molecule has 0 bridgehead atoms. The number of thioether (sulfide) groups is 1. The van der Waals surface area contributed by atoms with Gasteiger partial charge in [0.1, 0.15) is 11.7 Å². The van der Waals surface area contributed by atoms with E-state index in [-0.39, 0.29) is 17.8 Å². The van der Waals surface area contributed by atoms with E-state index in [9.17, 15) is 4.79 Å². The molecule has 0 saturated carbocycles. The molecule has 0 aliphatic heterocycles. The van der Waals surface area contributed by atoms with E-state index in [0.29, 0.717) is 5.17 Å². The van der Waals surface area contributed by atoms with Crippen molar-refractivity contribution in [3.63, 3.8) is 0 Å². The molecule has 0 heterocycles. The summed E-state index contributed by atoms with van der Waals surface area (Å²) in [4.78, 5) is 15.4. The summed E-state index contributed by atoms with van der Waals surface area (Å²) in [5, 5.41) is 0.349. The molecule has 0 amide bonds. The maximum Gasteiger partial charge on any atom is 0.309 e. The van der Waals surface area contributed by atoms with Crippen LogP contribution >= 0.6 is 11.8 Å². The van der Waals surface area contributed by atoms with Crippen molar-refractivity contribution < 1.29 is 14.3 Å².